The highest BCUT2D eigenvalue weighted by atomic mass is 16.2. The maximum absolute atomic E-state index is 13.7. The number of urea groups is 1. The molecule has 0 spiro atoms. The molecule has 172 valence electrons. The smallest absolute Gasteiger partial charge is 0.314 e. The number of imide groups is 1. The van der Waals surface area contributed by atoms with E-state index in [1.165, 1.54) is 25.7 Å². The van der Waals surface area contributed by atoms with E-state index in [2.05, 4.69) is 15.6 Å². The molecule has 0 aromatic heterocycles. The minimum absolute atomic E-state index is 0.184. The number of carbonyl (C=O) groups is 3. The first kappa shape index (κ1) is 21.6. The van der Waals surface area contributed by atoms with Crippen molar-refractivity contribution in [3.8, 4) is 0 Å². The molecule has 0 bridgehead atoms. The Morgan fingerprint density at radius 1 is 0.909 bits per heavy atom. The third-order valence-corrected chi connectivity index (χ3v) is 7.41. The molecule has 4 amide bonds. The summed E-state index contributed by atoms with van der Waals surface area (Å²) >= 11 is 0. The first-order valence-corrected chi connectivity index (χ1v) is 11.9. The van der Waals surface area contributed by atoms with Crippen LogP contribution in [0, 0.1) is 11.8 Å². The zero-order chi connectivity index (χ0) is 22.8. The second-order valence-electron chi connectivity index (χ2n) is 9.42. The second-order valence-corrected chi connectivity index (χ2v) is 9.42. The normalized spacial score (nSPS) is 24.8. The van der Waals surface area contributed by atoms with Crippen molar-refractivity contribution in [3.05, 3.63) is 71.8 Å². The summed E-state index contributed by atoms with van der Waals surface area (Å²) < 4.78 is 0. The van der Waals surface area contributed by atoms with Crippen molar-refractivity contribution in [3.63, 3.8) is 0 Å². The van der Waals surface area contributed by atoms with E-state index in [0.717, 1.165) is 30.4 Å². The van der Waals surface area contributed by atoms with E-state index in [1.807, 2.05) is 60.7 Å². The molecule has 2 aliphatic heterocycles. The van der Waals surface area contributed by atoms with Crippen LogP contribution in [-0.2, 0) is 15.1 Å². The number of amides is 4. The average Bonchev–Trinajstić information content (AvgIpc) is 3.10. The third-order valence-electron chi connectivity index (χ3n) is 7.41. The number of carbonyl (C=O) groups excluding carboxylic acids is 3. The van der Waals surface area contributed by atoms with Gasteiger partial charge in [-0.25, -0.2) is 4.79 Å². The van der Waals surface area contributed by atoms with E-state index in [1.54, 1.807) is 0 Å². The van der Waals surface area contributed by atoms with Crippen LogP contribution in [0.3, 0.4) is 0 Å². The molecule has 3 fully saturated rings. The van der Waals surface area contributed by atoms with Gasteiger partial charge in [0.05, 0.1) is 6.54 Å². The highest BCUT2D eigenvalue weighted by molar-refractivity contribution is 6.10. The molecule has 3 aliphatic rings. The molecule has 2 heterocycles. The molecule has 1 saturated carbocycles. The van der Waals surface area contributed by atoms with Crippen LogP contribution in [0.1, 0.15) is 43.2 Å². The van der Waals surface area contributed by atoms with E-state index < -0.39 is 17.5 Å². The van der Waals surface area contributed by atoms with Crippen molar-refractivity contribution in [2.24, 2.45) is 11.8 Å². The lowest BCUT2D eigenvalue weighted by atomic mass is 9.75. The Morgan fingerprint density at radius 3 is 2.15 bits per heavy atom. The molecule has 33 heavy (non-hydrogen) atoms. The van der Waals surface area contributed by atoms with Gasteiger partial charge in [-0.1, -0.05) is 79.9 Å². The van der Waals surface area contributed by atoms with E-state index in [-0.39, 0.29) is 12.5 Å². The number of hydrogen-bond donors (Lipinski definition) is 2. The second kappa shape index (κ2) is 8.98. The fourth-order valence-corrected chi connectivity index (χ4v) is 5.75. The molecule has 7 nitrogen and oxygen atoms in total. The van der Waals surface area contributed by atoms with Gasteiger partial charge < -0.3 is 5.32 Å². The van der Waals surface area contributed by atoms with Crippen LogP contribution in [0.5, 0.6) is 0 Å². The Bertz CT molecular complexity index is 987. The molecule has 2 aromatic carbocycles. The topological polar surface area (TPSA) is 81.8 Å². The number of hydrogen-bond acceptors (Lipinski definition) is 4. The third kappa shape index (κ3) is 4.02. The number of likely N-dealkylation sites (tertiary alicyclic amines) is 1. The van der Waals surface area contributed by atoms with E-state index in [4.69, 9.17) is 0 Å². The van der Waals surface area contributed by atoms with Crippen molar-refractivity contribution in [1.29, 1.82) is 0 Å². The quantitative estimate of drug-likeness (QED) is 0.692. The molecular formula is C26H30N4O3. The summed E-state index contributed by atoms with van der Waals surface area (Å²) in [5.74, 6) is 0.580. The minimum Gasteiger partial charge on any atom is -0.314 e. The fourth-order valence-electron chi connectivity index (χ4n) is 5.75. The highest BCUT2D eigenvalue weighted by Crippen LogP contribution is 2.37. The molecule has 2 aromatic rings. The number of rotatable bonds is 5. The van der Waals surface area contributed by atoms with Crippen molar-refractivity contribution in [2.75, 3.05) is 19.6 Å². The first-order valence-electron chi connectivity index (χ1n) is 11.9. The summed E-state index contributed by atoms with van der Waals surface area (Å²) in [7, 11) is 0. The van der Waals surface area contributed by atoms with Gasteiger partial charge in [-0.2, -0.15) is 5.01 Å². The zero-order valence-corrected chi connectivity index (χ0v) is 18.7. The molecule has 2 atom stereocenters. The van der Waals surface area contributed by atoms with Crippen molar-refractivity contribution in [2.45, 2.75) is 37.6 Å². The minimum atomic E-state index is -1.38. The predicted octanol–water partition coefficient (Wildman–Crippen LogP) is 3.03. The van der Waals surface area contributed by atoms with Crippen molar-refractivity contribution in [1.82, 2.24) is 20.7 Å². The Hall–Kier alpha value is -3.19. The Labute approximate surface area is 194 Å². The monoisotopic (exact) mass is 446 g/mol. The Morgan fingerprint density at radius 2 is 1.52 bits per heavy atom. The van der Waals surface area contributed by atoms with Crippen LogP contribution in [0.4, 0.5) is 4.79 Å². The lowest BCUT2D eigenvalue weighted by Crippen LogP contribution is -2.52. The molecule has 7 heteroatoms. The summed E-state index contributed by atoms with van der Waals surface area (Å²) in [6.07, 6.45) is 6.23. The molecule has 2 saturated heterocycles. The molecular weight excluding hydrogens is 416 g/mol. The van der Waals surface area contributed by atoms with E-state index in [9.17, 15) is 14.4 Å². The van der Waals surface area contributed by atoms with Gasteiger partial charge in [0.2, 0.25) is 0 Å². The van der Waals surface area contributed by atoms with E-state index in [0.29, 0.717) is 17.0 Å². The highest BCUT2D eigenvalue weighted by Gasteiger charge is 2.54. The SMILES string of the molecule is O=C(CN1CC[C@H]2CCCC[C@H]2C1)NN1C(=O)NC(c2ccccc2)(c2ccccc2)C1=O. The van der Waals surface area contributed by atoms with Crippen molar-refractivity contribution < 1.29 is 14.4 Å². The molecule has 0 unspecified atom stereocenters. The van der Waals surface area contributed by atoms with Gasteiger partial charge in [0, 0.05) is 6.54 Å². The summed E-state index contributed by atoms with van der Waals surface area (Å²) in [4.78, 5) is 41.6. The lowest BCUT2D eigenvalue weighted by molar-refractivity contribution is -0.139. The molecule has 0 radical (unpaired) electrons. The van der Waals surface area contributed by atoms with Crippen LogP contribution in [0.15, 0.2) is 60.7 Å². The van der Waals surface area contributed by atoms with Gasteiger partial charge in [0.15, 0.2) is 5.54 Å². The van der Waals surface area contributed by atoms with Crippen LogP contribution in [-0.4, -0.2) is 47.4 Å². The molecule has 1 aliphatic carbocycles. The standard InChI is InChI=1S/C26H30N4O3/c31-23(18-29-16-15-19-9-7-8-10-20(19)17-29)28-30-24(32)26(27-25(30)33,21-11-3-1-4-12-21)22-13-5-2-6-14-22/h1-6,11-14,19-20H,7-10,15-18H2,(H,27,33)(H,28,31)/t19-,20+/m1/s1. The number of piperidine rings is 1. The van der Waals surface area contributed by atoms with Crippen LogP contribution >= 0.6 is 0 Å². The average molecular weight is 447 g/mol. The van der Waals surface area contributed by atoms with Crippen molar-refractivity contribution >= 4 is 17.8 Å². The Balaban J connectivity index is 1.33. The summed E-state index contributed by atoms with van der Waals surface area (Å²) in [5, 5.41) is 3.70. The maximum Gasteiger partial charge on any atom is 0.344 e. The molecule has 2 N–H and O–H groups in total. The summed E-state index contributed by atoms with van der Waals surface area (Å²) in [6.45, 7) is 1.98. The van der Waals surface area contributed by atoms with Gasteiger partial charge >= 0.3 is 6.03 Å². The van der Waals surface area contributed by atoms with Gasteiger partial charge in [0.1, 0.15) is 0 Å². The summed E-state index contributed by atoms with van der Waals surface area (Å²) in [5.41, 5.74) is 2.49. The van der Waals surface area contributed by atoms with Crippen LogP contribution in [0.25, 0.3) is 0 Å². The number of nitrogens with one attached hydrogen (secondary N) is 2. The number of hydrazine groups is 1. The Kier molecular flexibility index (Phi) is 5.89. The van der Waals surface area contributed by atoms with Gasteiger partial charge in [-0.05, 0) is 42.3 Å². The van der Waals surface area contributed by atoms with Crippen LogP contribution < -0.4 is 10.7 Å². The van der Waals surface area contributed by atoms with Gasteiger partial charge in [-0.15, -0.1) is 0 Å². The summed E-state index contributed by atoms with van der Waals surface area (Å²) in [6, 6.07) is 17.6. The number of fused-ring (bicyclic) bond motifs is 1. The first-order chi connectivity index (χ1) is 16.1. The number of nitrogens with zero attached hydrogens (tertiary/aromatic N) is 2. The van der Waals surface area contributed by atoms with Gasteiger partial charge in [-0.3, -0.25) is 19.9 Å². The fraction of sp³-hybridized carbons (Fsp3) is 0.423. The molecule has 5 rings (SSSR count). The number of benzene rings is 2. The predicted molar refractivity (Wildman–Crippen MR) is 124 cm³/mol. The maximum atomic E-state index is 13.7. The van der Waals surface area contributed by atoms with E-state index >= 15 is 0 Å². The lowest BCUT2D eigenvalue weighted by Gasteiger charge is -2.41. The largest absolute Gasteiger partial charge is 0.344 e. The van der Waals surface area contributed by atoms with Gasteiger partial charge in [0.25, 0.3) is 11.8 Å². The zero-order valence-electron chi connectivity index (χ0n) is 18.7. The van der Waals surface area contributed by atoms with Crippen LogP contribution in [0.2, 0.25) is 0 Å².